The fraction of sp³-hybridized carbons (Fsp3) is 0.250. The molecule has 5 nitrogen and oxygen atoms in total. The smallest absolute Gasteiger partial charge is 0.234 e. The summed E-state index contributed by atoms with van der Waals surface area (Å²) in [7, 11) is 0. The van der Waals surface area contributed by atoms with E-state index in [1.54, 1.807) is 0 Å². The standard InChI is InChI=1S/C20H22N4OS2/c1-4-15-6-8-16(9-7-15)21-19-23-24-20(27-19)26-12-18(25)22-17-10-5-13(2)11-14(17)3/h5-11H,4,12H2,1-3H3,(H,21,23)(H,22,25). The molecule has 140 valence electrons. The van der Waals surface area contributed by atoms with Crippen LogP contribution >= 0.6 is 23.1 Å². The third-order valence-corrected chi connectivity index (χ3v) is 5.97. The number of benzene rings is 2. The van der Waals surface area contributed by atoms with Gasteiger partial charge in [0, 0.05) is 11.4 Å². The Bertz CT molecular complexity index is 922. The highest BCUT2D eigenvalue weighted by Crippen LogP contribution is 2.28. The molecule has 3 aromatic rings. The second-order valence-electron chi connectivity index (χ2n) is 6.20. The molecule has 0 aliphatic heterocycles. The van der Waals surface area contributed by atoms with Gasteiger partial charge in [0.05, 0.1) is 5.75 Å². The number of carbonyl (C=O) groups excluding carboxylic acids is 1. The molecule has 0 saturated carbocycles. The van der Waals surface area contributed by atoms with E-state index in [4.69, 9.17) is 0 Å². The Labute approximate surface area is 167 Å². The molecule has 0 fully saturated rings. The molecule has 1 aromatic heterocycles. The summed E-state index contributed by atoms with van der Waals surface area (Å²) in [4.78, 5) is 12.2. The van der Waals surface area contributed by atoms with E-state index in [-0.39, 0.29) is 5.91 Å². The molecule has 0 radical (unpaired) electrons. The number of nitrogens with zero attached hydrogens (tertiary/aromatic N) is 2. The van der Waals surface area contributed by atoms with E-state index in [0.29, 0.717) is 5.75 Å². The Morgan fingerprint density at radius 2 is 1.89 bits per heavy atom. The van der Waals surface area contributed by atoms with Crippen LogP contribution < -0.4 is 10.6 Å². The molecule has 3 rings (SSSR count). The molecule has 2 N–H and O–H groups in total. The third kappa shape index (κ3) is 5.55. The van der Waals surface area contributed by atoms with Crippen LogP contribution in [-0.4, -0.2) is 21.9 Å². The van der Waals surface area contributed by atoms with Gasteiger partial charge in [-0.2, -0.15) is 0 Å². The number of carbonyl (C=O) groups is 1. The van der Waals surface area contributed by atoms with Crippen molar-refractivity contribution in [3.05, 3.63) is 59.2 Å². The molecule has 0 bridgehead atoms. The number of rotatable bonds is 7. The molecule has 0 aliphatic rings. The fourth-order valence-electron chi connectivity index (χ4n) is 2.53. The third-order valence-electron chi connectivity index (χ3n) is 4.00. The monoisotopic (exact) mass is 398 g/mol. The lowest BCUT2D eigenvalue weighted by Crippen LogP contribution is -2.14. The summed E-state index contributed by atoms with van der Waals surface area (Å²) in [5.41, 5.74) is 5.36. The van der Waals surface area contributed by atoms with Crippen molar-refractivity contribution in [1.82, 2.24) is 10.2 Å². The number of hydrogen-bond donors (Lipinski definition) is 2. The number of aryl methyl sites for hydroxylation is 3. The minimum Gasteiger partial charge on any atom is -0.330 e. The zero-order valence-electron chi connectivity index (χ0n) is 15.6. The predicted molar refractivity (Wildman–Crippen MR) is 114 cm³/mol. The summed E-state index contributed by atoms with van der Waals surface area (Å²) in [6, 6.07) is 14.2. The van der Waals surface area contributed by atoms with Crippen LogP contribution in [0.2, 0.25) is 0 Å². The molecular formula is C20H22N4OS2. The molecule has 0 unspecified atom stereocenters. The van der Waals surface area contributed by atoms with Gasteiger partial charge in [-0.15, -0.1) is 10.2 Å². The van der Waals surface area contributed by atoms with Crippen molar-refractivity contribution in [3.63, 3.8) is 0 Å². The van der Waals surface area contributed by atoms with Crippen molar-refractivity contribution < 1.29 is 4.79 Å². The van der Waals surface area contributed by atoms with Gasteiger partial charge in [0.1, 0.15) is 0 Å². The average Bonchev–Trinajstić information content (AvgIpc) is 3.10. The summed E-state index contributed by atoms with van der Waals surface area (Å²) in [6.07, 6.45) is 1.02. The number of amides is 1. The van der Waals surface area contributed by atoms with E-state index in [2.05, 4.69) is 46.0 Å². The van der Waals surface area contributed by atoms with Gasteiger partial charge in [-0.1, -0.05) is 59.9 Å². The molecule has 0 saturated heterocycles. The maximum Gasteiger partial charge on any atom is 0.234 e. The Kier molecular flexibility index (Phi) is 6.47. The lowest BCUT2D eigenvalue weighted by Gasteiger charge is -2.08. The minimum absolute atomic E-state index is 0.0492. The van der Waals surface area contributed by atoms with E-state index in [0.717, 1.165) is 32.8 Å². The van der Waals surface area contributed by atoms with Gasteiger partial charge >= 0.3 is 0 Å². The second-order valence-corrected chi connectivity index (χ2v) is 8.40. The first-order chi connectivity index (χ1) is 13.0. The quantitative estimate of drug-likeness (QED) is 0.536. The fourth-order valence-corrected chi connectivity index (χ4v) is 4.11. The summed E-state index contributed by atoms with van der Waals surface area (Å²) in [6.45, 7) is 6.16. The van der Waals surface area contributed by atoms with Crippen LogP contribution in [0.15, 0.2) is 46.8 Å². The van der Waals surface area contributed by atoms with Crippen LogP contribution in [-0.2, 0) is 11.2 Å². The second kappa shape index (κ2) is 9.01. The first kappa shape index (κ1) is 19.4. The van der Waals surface area contributed by atoms with Gasteiger partial charge in [-0.3, -0.25) is 4.79 Å². The van der Waals surface area contributed by atoms with Crippen LogP contribution in [0.3, 0.4) is 0 Å². The van der Waals surface area contributed by atoms with Gasteiger partial charge in [-0.05, 0) is 49.6 Å². The average molecular weight is 399 g/mol. The van der Waals surface area contributed by atoms with Crippen molar-refractivity contribution in [2.45, 2.75) is 31.5 Å². The van der Waals surface area contributed by atoms with E-state index >= 15 is 0 Å². The summed E-state index contributed by atoms with van der Waals surface area (Å²) < 4.78 is 0.762. The van der Waals surface area contributed by atoms with Crippen molar-refractivity contribution in [2.24, 2.45) is 0 Å². The van der Waals surface area contributed by atoms with Crippen molar-refractivity contribution in [1.29, 1.82) is 0 Å². The molecule has 0 atom stereocenters. The highest BCUT2D eigenvalue weighted by molar-refractivity contribution is 8.01. The van der Waals surface area contributed by atoms with Crippen molar-refractivity contribution in [3.8, 4) is 0 Å². The van der Waals surface area contributed by atoms with E-state index in [9.17, 15) is 4.79 Å². The molecule has 1 amide bonds. The molecular weight excluding hydrogens is 376 g/mol. The van der Waals surface area contributed by atoms with Crippen LogP contribution in [0.1, 0.15) is 23.6 Å². The zero-order valence-corrected chi connectivity index (χ0v) is 17.2. The number of aromatic nitrogens is 2. The topological polar surface area (TPSA) is 66.9 Å². The first-order valence-corrected chi connectivity index (χ1v) is 10.5. The Morgan fingerprint density at radius 3 is 2.59 bits per heavy atom. The van der Waals surface area contributed by atoms with E-state index in [1.165, 1.54) is 34.2 Å². The SMILES string of the molecule is CCc1ccc(Nc2nnc(SCC(=O)Nc3ccc(C)cc3C)s2)cc1. The zero-order chi connectivity index (χ0) is 19.2. The number of nitrogens with one attached hydrogen (secondary N) is 2. The first-order valence-electron chi connectivity index (χ1n) is 8.73. The van der Waals surface area contributed by atoms with Gasteiger partial charge in [0.15, 0.2) is 4.34 Å². The molecule has 7 heteroatoms. The van der Waals surface area contributed by atoms with Gasteiger partial charge in [0.2, 0.25) is 11.0 Å². The number of thioether (sulfide) groups is 1. The van der Waals surface area contributed by atoms with Crippen LogP contribution in [0.25, 0.3) is 0 Å². The lowest BCUT2D eigenvalue weighted by atomic mass is 10.1. The van der Waals surface area contributed by atoms with Gasteiger partial charge in [-0.25, -0.2) is 0 Å². The van der Waals surface area contributed by atoms with Crippen LogP contribution in [0.4, 0.5) is 16.5 Å². The summed E-state index contributed by atoms with van der Waals surface area (Å²) in [5.74, 6) is 0.250. The molecule has 0 aliphatic carbocycles. The largest absolute Gasteiger partial charge is 0.330 e. The van der Waals surface area contributed by atoms with Gasteiger partial charge < -0.3 is 10.6 Å². The Morgan fingerprint density at radius 1 is 1.11 bits per heavy atom. The molecule has 0 spiro atoms. The maximum atomic E-state index is 12.2. The number of anilines is 3. The van der Waals surface area contributed by atoms with E-state index < -0.39 is 0 Å². The normalized spacial score (nSPS) is 10.6. The summed E-state index contributed by atoms with van der Waals surface area (Å²) in [5, 5.41) is 15.2. The van der Waals surface area contributed by atoms with Gasteiger partial charge in [0.25, 0.3) is 0 Å². The maximum absolute atomic E-state index is 12.2. The molecule has 1 heterocycles. The van der Waals surface area contributed by atoms with E-state index in [1.807, 2.05) is 38.1 Å². The van der Waals surface area contributed by atoms with Crippen molar-refractivity contribution >= 4 is 45.5 Å². The minimum atomic E-state index is -0.0492. The highest BCUT2D eigenvalue weighted by Gasteiger charge is 2.10. The number of hydrogen-bond acceptors (Lipinski definition) is 6. The Hall–Kier alpha value is -2.38. The molecule has 2 aromatic carbocycles. The highest BCUT2D eigenvalue weighted by atomic mass is 32.2. The predicted octanol–water partition coefficient (Wildman–Crippen LogP) is 5.19. The lowest BCUT2D eigenvalue weighted by molar-refractivity contribution is -0.113. The Balaban J connectivity index is 1.52. The summed E-state index contributed by atoms with van der Waals surface area (Å²) >= 11 is 2.83. The van der Waals surface area contributed by atoms with Crippen LogP contribution in [0, 0.1) is 13.8 Å². The molecule has 27 heavy (non-hydrogen) atoms. The van der Waals surface area contributed by atoms with Crippen LogP contribution in [0.5, 0.6) is 0 Å². The van der Waals surface area contributed by atoms with Crippen molar-refractivity contribution in [2.75, 3.05) is 16.4 Å².